The van der Waals surface area contributed by atoms with Gasteiger partial charge in [-0.25, -0.2) is 12.1 Å². The van der Waals surface area contributed by atoms with Crippen molar-refractivity contribution in [1.82, 2.24) is 0 Å². The number of carbonyl (C=O) groups excluding carboxylic acids is 1. The van der Waals surface area contributed by atoms with Crippen LogP contribution in [0.25, 0.3) is 0 Å². The molecule has 22 heavy (non-hydrogen) atoms. The molecule has 0 bridgehead atoms. The van der Waals surface area contributed by atoms with E-state index in [1.54, 1.807) is 11.8 Å². The van der Waals surface area contributed by atoms with Gasteiger partial charge in [0.15, 0.2) is 0 Å². The number of anilines is 1. The summed E-state index contributed by atoms with van der Waals surface area (Å²) in [5.41, 5.74) is 2.09. The molecule has 0 fully saturated rings. The molecule has 0 aliphatic carbocycles. The van der Waals surface area contributed by atoms with Crippen LogP contribution in [-0.2, 0) is 28.4 Å². The molecule has 1 amide bonds. The van der Waals surface area contributed by atoms with Gasteiger partial charge < -0.3 is 9.69 Å². The quantitative estimate of drug-likeness (QED) is 0.515. The maximum Gasteiger partial charge on any atom is 0.149 e. The summed E-state index contributed by atoms with van der Waals surface area (Å²) in [5.74, 6) is 0.0649. The molecule has 0 saturated heterocycles. The Balaban J connectivity index is 0.000000344. The fourth-order valence-electron chi connectivity index (χ4n) is 2.01. The normalized spacial score (nSPS) is 9.14. The van der Waals surface area contributed by atoms with Gasteiger partial charge in [0, 0.05) is 23.6 Å². The zero-order chi connectivity index (χ0) is 14.9. The van der Waals surface area contributed by atoms with E-state index in [-0.39, 0.29) is 23.0 Å². The molecule has 0 saturated carbocycles. The molecule has 0 aliphatic rings. The van der Waals surface area contributed by atoms with Gasteiger partial charge in [0.25, 0.3) is 0 Å². The van der Waals surface area contributed by atoms with E-state index in [0.717, 1.165) is 11.3 Å². The van der Waals surface area contributed by atoms with Crippen molar-refractivity contribution in [3.63, 3.8) is 0 Å². The molecule has 2 nitrogen and oxygen atoms in total. The summed E-state index contributed by atoms with van der Waals surface area (Å²) in [4.78, 5) is 13.3. The van der Waals surface area contributed by atoms with E-state index in [4.69, 9.17) is 0 Å². The molecular weight excluding hydrogens is 314 g/mol. The van der Waals surface area contributed by atoms with Crippen molar-refractivity contribution in [3.8, 4) is 0 Å². The SMILES string of the molecule is CC(=O)N(Cc1ccccc1)[c-]1cccc1.[Fe].c1cc[cH-]c1. The monoisotopic (exact) mass is 333 g/mol. The maximum absolute atomic E-state index is 11.6. The molecular formula is C19H19FeNO-2. The number of hydrogen-bond acceptors (Lipinski definition) is 1. The van der Waals surface area contributed by atoms with Gasteiger partial charge in [0.05, 0.1) is 0 Å². The molecule has 3 aromatic rings. The van der Waals surface area contributed by atoms with Crippen LogP contribution in [0.4, 0.5) is 5.69 Å². The molecule has 0 spiro atoms. The Bertz CT molecular complexity index is 598. The zero-order valence-corrected chi connectivity index (χ0v) is 13.6. The Morgan fingerprint density at radius 2 is 1.59 bits per heavy atom. The number of rotatable bonds is 3. The molecule has 0 unspecified atom stereocenters. The molecule has 0 radical (unpaired) electrons. The van der Waals surface area contributed by atoms with Crippen LogP contribution in [0.3, 0.4) is 0 Å². The Hall–Kier alpha value is -2.09. The molecule has 0 heterocycles. The van der Waals surface area contributed by atoms with Gasteiger partial charge in [-0.1, -0.05) is 30.3 Å². The minimum Gasteiger partial charge on any atom is -0.388 e. The Morgan fingerprint density at radius 3 is 2.05 bits per heavy atom. The van der Waals surface area contributed by atoms with Crippen LogP contribution >= 0.6 is 0 Å². The van der Waals surface area contributed by atoms with Gasteiger partial charge >= 0.3 is 0 Å². The van der Waals surface area contributed by atoms with Crippen LogP contribution in [0.15, 0.2) is 84.9 Å². The summed E-state index contributed by atoms with van der Waals surface area (Å²) < 4.78 is 0. The van der Waals surface area contributed by atoms with Crippen LogP contribution in [0, 0.1) is 0 Å². The van der Waals surface area contributed by atoms with Crippen LogP contribution in [-0.4, -0.2) is 5.91 Å². The van der Waals surface area contributed by atoms with Crippen molar-refractivity contribution in [2.75, 3.05) is 4.90 Å². The molecule has 0 aliphatic heterocycles. The van der Waals surface area contributed by atoms with Crippen LogP contribution in [0.1, 0.15) is 12.5 Å². The van der Waals surface area contributed by atoms with Gasteiger partial charge in [-0.2, -0.15) is 30.3 Å². The first-order valence-electron chi connectivity index (χ1n) is 6.98. The minimum absolute atomic E-state index is 0. The Morgan fingerprint density at radius 1 is 1.00 bits per heavy atom. The second kappa shape index (κ2) is 9.77. The predicted octanol–water partition coefficient (Wildman–Crippen LogP) is 4.36. The number of hydrogen-bond donors (Lipinski definition) is 0. The average molecular weight is 333 g/mol. The van der Waals surface area contributed by atoms with Crippen molar-refractivity contribution < 1.29 is 21.9 Å². The summed E-state index contributed by atoms with van der Waals surface area (Å²) >= 11 is 0. The first kappa shape index (κ1) is 18.0. The molecule has 3 rings (SSSR count). The standard InChI is InChI=1S/C14H14NO.C5H5.Fe/c1-12(16)15(14-9-5-6-10-14)11-13-7-3-2-4-8-13;1-2-4-5-3-1;/h2-10H,11H2,1H3;1-5H;/q2*-1;. The van der Waals surface area contributed by atoms with E-state index < -0.39 is 0 Å². The molecule has 3 aromatic carbocycles. The van der Waals surface area contributed by atoms with Crippen LogP contribution < -0.4 is 4.90 Å². The molecule has 0 aromatic heterocycles. The predicted molar refractivity (Wildman–Crippen MR) is 87.4 cm³/mol. The fraction of sp³-hybridized carbons (Fsp3) is 0.105. The van der Waals surface area contributed by atoms with E-state index in [2.05, 4.69) is 0 Å². The number of carbonyl (C=O) groups is 1. The van der Waals surface area contributed by atoms with Crippen molar-refractivity contribution in [1.29, 1.82) is 0 Å². The smallest absolute Gasteiger partial charge is 0.149 e. The van der Waals surface area contributed by atoms with Crippen molar-refractivity contribution in [3.05, 3.63) is 90.5 Å². The second-order valence-electron chi connectivity index (χ2n) is 4.70. The first-order valence-corrected chi connectivity index (χ1v) is 6.98. The van der Waals surface area contributed by atoms with Gasteiger partial charge in [0.1, 0.15) is 5.91 Å². The van der Waals surface area contributed by atoms with E-state index in [1.807, 2.05) is 84.9 Å². The number of nitrogens with zero attached hydrogens (tertiary/aromatic N) is 1. The fourth-order valence-corrected chi connectivity index (χ4v) is 2.01. The molecule has 0 N–H and O–H groups in total. The Labute approximate surface area is 142 Å². The summed E-state index contributed by atoms with van der Waals surface area (Å²) in [6.07, 6.45) is 0. The summed E-state index contributed by atoms with van der Waals surface area (Å²) in [6, 6.07) is 27.8. The third-order valence-corrected chi connectivity index (χ3v) is 3.08. The van der Waals surface area contributed by atoms with Crippen molar-refractivity contribution in [2.24, 2.45) is 0 Å². The largest absolute Gasteiger partial charge is 0.388 e. The van der Waals surface area contributed by atoms with E-state index in [1.165, 1.54) is 0 Å². The van der Waals surface area contributed by atoms with Gasteiger partial charge in [0.2, 0.25) is 0 Å². The molecule has 0 atom stereocenters. The zero-order valence-electron chi connectivity index (χ0n) is 12.5. The topological polar surface area (TPSA) is 20.3 Å². The van der Waals surface area contributed by atoms with E-state index in [9.17, 15) is 4.79 Å². The first-order chi connectivity index (χ1) is 10.3. The van der Waals surface area contributed by atoms with Gasteiger partial charge in [-0.15, -0.1) is 12.1 Å². The third kappa shape index (κ3) is 5.72. The Kier molecular flexibility index (Phi) is 7.98. The summed E-state index contributed by atoms with van der Waals surface area (Å²) in [6.45, 7) is 2.22. The number of benzene rings is 1. The van der Waals surface area contributed by atoms with E-state index in [0.29, 0.717) is 6.54 Å². The molecule has 3 heteroatoms. The van der Waals surface area contributed by atoms with Crippen molar-refractivity contribution >= 4 is 11.6 Å². The van der Waals surface area contributed by atoms with Crippen molar-refractivity contribution in [2.45, 2.75) is 13.5 Å². The summed E-state index contributed by atoms with van der Waals surface area (Å²) in [5, 5.41) is 0. The average Bonchev–Trinajstić information content (AvgIpc) is 3.21. The minimum atomic E-state index is 0. The second-order valence-corrected chi connectivity index (χ2v) is 4.70. The van der Waals surface area contributed by atoms with Crippen LogP contribution in [0.2, 0.25) is 0 Å². The molecule has 116 valence electrons. The summed E-state index contributed by atoms with van der Waals surface area (Å²) in [7, 11) is 0. The van der Waals surface area contributed by atoms with E-state index >= 15 is 0 Å². The maximum atomic E-state index is 11.6. The number of amides is 1. The van der Waals surface area contributed by atoms with Gasteiger partial charge in [-0.3, -0.25) is 0 Å². The third-order valence-electron chi connectivity index (χ3n) is 3.08. The van der Waals surface area contributed by atoms with Crippen LogP contribution in [0.5, 0.6) is 0 Å². The van der Waals surface area contributed by atoms with Gasteiger partial charge in [-0.05, 0) is 18.2 Å².